The molecule has 0 fully saturated rings. The van der Waals surface area contributed by atoms with E-state index in [0.717, 1.165) is 12.0 Å². The zero-order valence-electron chi connectivity index (χ0n) is 13.9. The number of sulfonamides is 1. The van der Waals surface area contributed by atoms with E-state index in [2.05, 4.69) is 9.72 Å². The largest absolute Gasteiger partial charge is 0.468 e. The Hall–Kier alpha value is -2.59. The molecule has 8 nitrogen and oxygen atoms in total. The third-order valence-corrected chi connectivity index (χ3v) is 6.25. The standard InChI is InChI=1S/C16H15N3O5S2/c1-24-14(20)10-18-16(21)19(11-5-7-12(25-2)8-6-11)15-13(26(18,22)23)4-3-9-17-15/h3-9H,10H2,1-2H3. The summed E-state index contributed by atoms with van der Waals surface area (Å²) in [6.45, 7) is -0.717. The van der Waals surface area contributed by atoms with Crippen molar-refractivity contribution in [3.8, 4) is 0 Å². The lowest BCUT2D eigenvalue weighted by atomic mass is 10.3. The van der Waals surface area contributed by atoms with Crippen LogP contribution in [0.4, 0.5) is 16.3 Å². The van der Waals surface area contributed by atoms with Gasteiger partial charge in [-0.25, -0.2) is 27.4 Å². The molecular formula is C16H15N3O5S2. The Labute approximate surface area is 154 Å². The van der Waals surface area contributed by atoms with Crippen molar-refractivity contribution in [2.24, 2.45) is 0 Å². The van der Waals surface area contributed by atoms with Crippen LogP contribution < -0.4 is 4.90 Å². The number of pyridine rings is 1. The number of esters is 1. The van der Waals surface area contributed by atoms with E-state index in [1.807, 2.05) is 18.4 Å². The Bertz CT molecular complexity index is 960. The van der Waals surface area contributed by atoms with Gasteiger partial charge in [-0.15, -0.1) is 11.8 Å². The first kappa shape index (κ1) is 18.2. The Morgan fingerprint density at radius 3 is 2.54 bits per heavy atom. The van der Waals surface area contributed by atoms with E-state index in [9.17, 15) is 18.0 Å². The van der Waals surface area contributed by atoms with Crippen molar-refractivity contribution < 1.29 is 22.7 Å². The second kappa shape index (κ2) is 6.96. The molecule has 1 aromatic heterocycles. The molecule has 26 heavy (non-hydrogen) atoms. The highest BCUT2D eigenvalue weighted by Gasteiger charge is 2.44. The number of carbonyl (C=O) groups excluding carboxylic acids is 2. The third-order valence-electron chi connectivity index (χ3n) is 3.77. The van der Waals surface area contributed by atoms with E-state index in [4.69, 9.17) is 0 Å². The molecule has 136 valence electrons. The minimum absolute atomic E-state index is 0.00415. The summed E-state index contributed by atoms with van der Waals surface area (Å²) < 4.78 is 30.6. The molecule has 3 rings (SSSR count). The van der Waals surface area contributed by atoms with Crippen LogP contribution in [0.3, 0.4) is 0 Å². The number of ether oxygens (including phenoxy) is 1. The van der Waals surface area contributed by atoms with Crippen molar-refractivity contribution in [1.29, 1.82) is 0 Å². The van der Waals surface area contributed by atoms with Crippen LogP contribution in [-0.2, 0) is 19.6 Å². The Morgan fingerprint density at radius 1 is 1.23 bits per heavy atom. The average molecular weight is 393 g/mol. The highest BCUT2D eigenvalue weighted by atomic mass is 32.2. The van der Waals surface area contributed by atoms with E-state index >= 15 is 0 Å². The quantitative estimate of drug-likeness (QED) is 0.580. The minimum Gasteiger partial charge on any atom is -0.468 e. The van der Waals surface area contributed by atoms with E-state index in [-0.39, 0.29) is 10.7 Å². The van der Waals surface area contributed by atoms with Gasteiger partial charge in [0.25, 0.3) is 10.0 Å². The van der Waals surface area contributed by atoms with Crippen molar-refractivity contribution in [3.05, 3.63) is 42.6 Å². The number of carbonyl (C=O) groups is 2. The first-order valence-electron chi connectivity index (χ1n) is 7.43. The van der Waals surface area contributed by atoms with Gasteiger partial charge in [-0.3, -0.25) is 4.79 Å². The van der Waals surface area contributed by atoms with Gasteiger partial charge < -0.3 is 4.74 Å². The number of thioether (sulfide) groups is 1. The van der Waals surface area contributed by atoms with Gasteiger partial charge in [0.1, 0.15) is 11.4 Å². The van der Waals surface area contributed by atoms with Gasteiger partial charge in [0.2, 0.25) is 0 Å². The van der Waals surface area contributed by atoms with E-state index in [1.54, 1.807) is 12.1 Å². The molecule has 10 heteroatoms. The molecule has 0 unspecified atom stereocenters. The molecule has 1 aliphatic rings. The number of aromatic nitrogens is 1. The van der Waals surface area contributed by atoms with E-state index < -0.39 is 28.6 Å². The Kier molecular flexibility index (Phi) is 4.88. The average Bonchev–Trinajstić information content (AvgIpc) is 2.65. The summed E-state index contributed by atoms with van der Waals surface area (Å²) in [5, 5.41) is 0. The van der Waals surface area contributed by atoms with Crippen LogP contribution in [0.25, 0.3) is 0 Å². The fourth-order valence-corrected chi connectivity index (χ4v) is 4.31. The predicted octanol–water partition coefficient (Wildman–Crippen LogP) is 2.24. The van der Waals surface area contributed by atoms with Crippen LogP contribution in [0.1, 0.15) is 0 Å². The van der Waals surface area contributed by atoms with Crippen LogP contribution in [0.15, 0.2) is 52.4 Å². The lowest BCUT2D eigenvalue weighted by Crippen LogP contribution is -2.51. The molecule has 0 radical (unpaired) electrons. The number of hydrogen-bond donors (Lipinski definition) is 0. The van der Waals surface area contributed by atoms with Crippen LogP contribution >= 0.6 is 11.8 Å². The number of urea groups is 1. The summed E-state index contributed by atoms with van der Waals surface area (Å²) in [6.07, 6.45) is 3.32. The smallest absolute Gasteiger partial charge is 0.344 e. The van der Waals surface area contributed by atoms with Crippen molar-refractivity contribution in [3.63, 3.8) is 0 Å². The first-order valence-corrected chi connectivity index (χ1v) is 10.1. The lowest BCUT2D eigenvalue weighted by molar-refractivity contribution is -0.140. The SMILES string of the molecule is COC(=O)CN1C(=O)N(c2ccc(SC)cc2)c2ncccc2S1(=O)=O. The highest BCUT2D eigenvalue weighted by Crippen LogP contribution is 2.37. The van der Waals surface area contributed by atoms with Crippen molar-refractivity contribution in [1.82, 2.24) is 9.29 Å². The zero-order valence-corrected chi connectivity index (χ0v) is 15.6. The number of anilines is 2. The van der Waals surface area contributed by atoms with Gasteiger partial charge in [0.05, 0.1) is 12.8 Å². The van der Waals surface area contributed by atoms with Crippen LogP contribution in [0.5, 0.6) is 0 Å². The van der Waals surface area contributed by atoms with Gasteiger partial charge in [0, 0.05) is 11.1 Å². The van der Waals surface area contributed by atoms with Crippen LogP contribution in [-0.4, -0.2) is 49.6 Å². The zero-order chi connectivity index (χ0) is 18.9. The molecular weight excluding hydrogens is 378 g/mol. The summed E-state index contributed by atoms with van der Waals surface area (Å²) in [5.41, 5.74) is 0.442. The maximum absolute atomic E-state index is 12.9. The molecule has 0 bridgehead atoms. The lowest BCUT2D eigenvalue weighted by Gasteiger charge is -2.34. The minimum atomic E-state index is -4.22. The summed E-state index contributed by atoms with van der Waals surface area (Å²) in [7, 11) is -3.09. The Morgan fingerprint density at radius 2 is 1.92 bits per heavy atom. The molecule has 1 aliphatic heterocycles. The third kappa shape index (κ3) is 3.01. The van der Waals surface area contributed by atoms with Gasteiger partial charge in [-0.1, -0.05) is 0 Å². The molecule has 0 N–H and O–H groups in total. The summed E-state index contributed by atoms with van der Waals surface area (Å²) >= 11 is 1.54. The predicted molar refractivity (Wildman–Crippen MR) is 95.9 cm³/mol. The van der Waals surface area contributed by atoms with E-state index in [1.165, 1.54) is 35.0 Å². The number of rotatable bonds is 4. The molecule has 1 aromatic carbocycles. The molecule has 0 saturated carbocycles. The molecule has 2 aromatic rings. The van der Waals surface area contributed by atoms with Crippen LogP contribution in [0.2, 0.25) is 0 Å². The summed E-state index contributed by atoms with van der Waals surface area (Å²) in [5.74, 6) is -0.845. The number of nitrogens with zero attached hydrogens (tertiary/aromatic N) is 3. The monoisotopic (exact) mass is 393 g/mol. The Balaban J connectivity index is 2.16. The molecule has 0 saturated heterocycles. The van der Waals surface area contributed by atoms with Crippen LogP contribution in [0, 0.1) is 0 Å². The number of benzene rings is 1. The number of hydrogen-bond acceptors (Lipinski definition) is 7. The first-order chi connectivity index (χ1) is 12.4. The number of amides is 2. The fraction of sp³-hybridized carbons (Fsp3) is 0.188. The van der Waals surface area contributed by atoms with Crippen molar-refractivity contribution in [2.75, 3.05) is 24.8 Å². The second-order valence-corrected chi connectivity index (χ2v) is 7.94. The molecule has 0 atom stereocenters. The van der Waals surface area contributed by atoms with Gasteiger partial charge in [-0.2, -0.15) is 0 Å². The maximum Gasteiger partial charge on any atom is 0.344 e. The van der Waals surface area contributed by atoms with E-state index in [0.29, 0.717) is 9.99 Å². The van der Waals surface area contributed by atoms with Gasteiger partial charge in [-0.05, 0) is 42.7 Å². The highest BCUT2D eigenvalue weighted by molar-refractivity contribution is 7.98. The topological polar surface area (TPSA) is 96.9 Å². The summed E-state index contributed by atoms with van der Waals surface area (Å²) in [4.78, 5) is 30.6. The summed E-state index contributed by atoms with van der Waals surface area (Å²) in [6, 6.07) is 8.91. The molecule has 0 aliphatic carbocycles. The maximum atomic E-state index is 12.9. The van der Waals surface area contributed by atoms with Crippen molar-refractivity contribution in [2.45, 2.75) is 9.79 Å². The number of methoxy groups -OCH3 is 1. The molecule has 2 heterocycles. The molecule has 2 amide bonds. The fourth-order valence-electron chi connectivity index (χ4n) is 2.47. The van der Waals surface area contributed by atoms with Gasteiger partial charge in [0.15, 0.2) is 5.82 Å². The van der Waals surface area contributed by atoms with Crippen molar-refractivity contribution >= 4 is 45.3 Å². The molecule has 0 spiro atoms. The van der Waals surface area contributed by atoms with Gasteiger partial charge >= 0.3 is 12.0 Å². The number of fused-ring (bicyclic) bond motifs is 1. The normalized spacial score (nSPS) is 15.5. The second-order valence-electron chi connectivity index (χ2n) is 5.23.